The third kappa shape index (κ3) is 2.22. The van der Waals surface area contributed by atoms with E-state index in [1.54, 1.807) is 0 Å². The molecule has 4 heteroatoms. The van der Waals surface area contributed by atoms with Crippen LogP contribution in [0.15, 0.2) is 24.3 Å². The normalized spacial score (nSPS) is 25.1. The van der Waals surface area contributed by atoms with Gasteiger partial charge in [-0.15, -0.1) is 0 Å². The van der Waals surface area contributed by atoms with Crippen LogP contribution < -0.4 is 5.73 Å². The average molecular weight is 276 g/mol. The predicted octanol–water partition coefficient (Wildman–Crippen LogP) is 2.26. The van der Waals surface area contributed by atoms with Gasteiger partial charge in [0.2, 0.25) is 5.91 Å². The third-order valence-corrected chi connectivity index (χ3v) is 5.44. The van der Waals surface area contributed by atoms with Crippen molar-refractivity contribution in [3.8, 4) is 0 Å². The van der Waals surface area contributed by atoms with Crippen molar-refractivity contribution in [2.45, 2.75) is 31.2 Å². The summed E-state index contributed by atoms with van der Waals surface area (Å²) in [5.74, 6) is 2.45. The van der Waals surface area contributed by atoms with Crippen LogP contribution in [0.4, 0.5) is 5.69 Å². The van der Waals surface area contributed by atoms with E-state index < -0.39 is 0 Å². The van der Waals surface area contributed by atoms with E-state index in [0.717, 1.165) is 42.1 Å². The van der Waals surface area contributed by atoms with E-state index in [-0.39, 0.29) is 5.41 Å². The average Bonchev–Trinajstić information content (AvgIpc) is 3.21. The van der Waals surface area contributed by atoms with E-state index in [4.69, 9.17) is 5.73 Å². The maximum absolute atomic E-state index is 12.9. The fraction of sp³-hybridized carbons (Fsp3) is 0.533. The molecule has 3 rings (SSSR count). The second-order valence-corrected chi connectivity index (χ2v) is 6.78. The summed E-state index contributed by atoms with van der Waals surface area (Å²) >= 11 is 1.94. The molecule has 1 aromatic rings. The Balaban J connectivity index is 1.84. The van der Waals surface area contributed by atoms with Crippen molar-refractivity contribution in [3.05, 3.63) is 29.8 Å². The highest BCUT2D eigenvalue weighted by atomic mass is 32.2. The number of carbonyl (C=O) groups excluding carboxylic acids is 1. The number of hydrogen-bond donors (Lipinski definition) is 1. The molecule has 1 amide bonds. The number of anilines is 1. The molecule has 1 saturated heterocycles. The van der Waals surface area contributed by atoms with Crippen LogP contribution in [0.3, 0.4) is 0 Å². The molecule has 0 radical (unpaired) electrons. The number of carbonyl (C=O) groups is 1. The number of amides is 1. The fourth-order valence-electron chi connectivity index (χ4n) is 2.86. The van der Waals surface area contributed by atoms with Crippen molar-refractivity contribution < 1.29 is 4.79 Å². The van der Waals surface area contributed by atoms with E-state index in [1.165, 1.54) is 0 Å². The molecule has 2 fully saturated rings. The van der Waals surface area contributed by atoms with Crippen LogP contribution in [0.25, 0.3) is 0 Å². The maximum Gasteiger partial charge on any atom is 0.233 e. The van der Waals surface area contributed by atoms with Crippen LogP contribution >= 0.6 is 11.8 Å². The largest absolute Gasteiger partial charge is 0.399 e. The van der Waals surface area contributed by atoms with Gasteiger partial charge in [0, 0.05) is 29.8 Å². The summed E-state index contributed by atoms with van der Waals surface area (Å²) in [6.45, 7) is 3.05. The predicted molar refractivity (Wildman–Crippen MR) is 80.3 cm³/mol. The van der Waals surface area contributed by atoms with E-state index >= 15 is 0 Å². The molecular weight excluding hydrogens is 256 g/mol. The SMILES string of the molecule is CC1CSCCN1C(=O)C1(c2ccc(N)cc2)CC1. The summed E-state index contributed by atoms with van der Waals surface area (Å²) in [7, 11) is 0. The second kappa shape index (κ2) is 4.75. The Morgan fingerprint density at radius 1 is 1.37 bits per heavy atom. The number of nitrogens with zero attached hydrogens (tertiary/aromatic N) is 1. The highest BCUT2D eigenvalue weighted by Gasteiger charge is 2.53. The Hall–Kier alpha value is -1.16. The van der Waals surface area contributed by atoms with Crippen LogP contribution in [-0.4, -0.2) is 34.9 Å². The first-order chi connectivity index (χ1) is 9.13. The summed E-state index contributed by atoms with van der Waals surface area (Å²) in [6, 6.07) is 8.20. The van der Waals surface area contributed by atoms with E-state index in [0.29, 0.717) is 11.9 Å². The Labute approximate surface area is 118 Å². The summed E-state index contributed by atoms with van der Waals surface area (Å²) in [5, 5.41) is 0. The first-order valence-corrected chi connectivity index (χ1v) is 8.04. The molecule has 1 atom stereocenters. The molecule has 1 heterocycles. The van der Waals surface area contributed by atoms with Gasteiger partial charge in [0.15, 0.2) is 0 Å². The summed E-state index contributed by atoms with van der Waals surface area (Å²) in [4.78, 5) is 14.9. The minimum Gasteiger partial charge on any atom is -0.399 e. The highest BCUT2D eigenvalue weighted by molar-refractivity contribution is 7.99. The summed E-state index contributed by atoms with van der Waals surface area (Å²) in [5.41, 5.74) is 7.38. The Bertz CT molecular complexity index is 481. The molecule has 0 aromatic heterocycles. The van der Waals surface area contributed by atoms with Gasteiger partial charge >= 0.3 is 0 Å². The minimum atomic E-state index is -0.246. The topological polar surface area (TPSA) is 46.3 Å². The number of rotatable bonds is 2. The van der Waals surface area contributed by atoms with Crippen LogP contribution in [0.2, 0.25) is 0 Å². The lowest BCUT2D eigenvalue weighted by Crippen LogP contribution is -2.48. The van der Waals surface area contributed by atoms with E-state index in [2.05, 4.69) is 11.8 Å². The monoisotopic (exact) mass is 276 g/mol. The number of nitrogens with two attached hydrogens (primary N) is 1. The molecule has 1 aromatic carbocycles. The first-order valence-electron chi connectivity index (χ1n) is 6.88. The molecule has 2 N–H and O–H groups in total. The quantitative estimate of drug-likeness (QED) is 0.843. The lowest BCUT2D eigenvalue weighted by atomic mass is 9.93. The molecule has 1 aliphatic heterocycles. The first kappa shape index (κ1) is 12.9. The van der Waals surface area contributed by atoms with Gasteiger partial charge in [0.1, 0.15) is 0 Å². The van der Waals surface area contributed by atoms with Crippen molar-refractivity contribution in [3.63, 3.8) is 0 Å². The Kier molecular flexibility index (Phi) is 3.21. The van der Waals surface area contributed by atoms with Gasteiger partial charge in [-0.25, -0.2) is 0 Å². The lowest BCUT2D eigenvalue weighted by Gasteiger charge is -2.36. The maximum atomic E-state index is 12.9. The zero-order valence-corrected chi connectivity index (χ0v) is 12.1. The van der Waals surface area contributed by atoms with Gasteiger partial charge in [-0.3, -0.25) is 4.79 Å². The molecule has 2 aliphatic rings. The molecule has 102 valence electrons. The van der Waals surface area contributed by atoms with Gasteiger partial charge in [-0.05, 0) is 37.5 Å². The number of hydrogen-bond acceptors (Lipinski definition) is 3. The zero-order valence-electron chi connectivity index (χ0n) is 11.3. The van der Waals surface area contributed by atoms with Gasteiger partial charge in [-0.2, -0.15) is 11.8 Å². The van der Waals surface area contributed by atoms with Gasteiger partial charge in [-0.1, -0.05) is 12.1 Å². The number of thioether (sulfide) groups is 1. The molecule has 3 nitrogen and oxygen atoms in total. The molecule has 0 spiro atoms. The number of nitrogen functional groups attached to an aromatic ring is 1. The lowest BCUT2D eigenvalue weighted by molar-refractivity contribution is -0.135. The highest BCUT2D eigenvalue weighted by Crippen LogP contribution is 2.50. The number of benzene rings is 1. The second-order valence-electron chi connectivity index (χ2n) is 5.63. The van der Waals surface area contributed by atoms with E-state index in [9.17, 15) is 4.79 Å². The van der Waals surface area contributed by atoms with Crippen LogP contribution in [0.1, 0.15) is 25.3 Å². The summed E-state index contributed by atoms with van der Waals surface area (Å²) < 4.78 is 0. The van der Waals surface area contributed by atoms with Crippen molar-refractivity contribution in [1.29, 1.82) is 0 Å². The zero-order chi connectivity index (χ0) is 13.5. The summed E-state index contributed by atoms with van der Waals surface area (Å²) in [6.07, 6.45) is 1.96. The molecule has 0 bridgehead atoms. The van der Waals surface area contributed by atoms with E-state index in [1.807, 2.05) is 36.0 Å². The minimum absolute atomic E-state index is 0.246. The fourth-order valence-corrected chi connectivity index (χ4v) is 3.87. The Morgan fingerprint density at radius 3 is 2.63 bits per heavy atom. The molecule has 1 unspecified atom stereocenters. The van der Waals surface area contributed by atoms with Gasteiger partial charge in [0.25, 0.3) is 0 Å². The molecule has 1 aliphatic carbocycles. The van der Waals surface area contributed by atoms with Gasteiger partial charge in [0.05, 0.1) is 5.41 Å². The third-order valence-electron chi connectivity index (χ3n) is 4.25. The molecule has 19 heavy (non-hydrogen) atoms. The smallest absolute Gasteiger partial charge is 0.233 e. The van der Waals surface area contributed by atoms with Crippen molar-refractivity contribution >= 4 is 23.4 Å². The van der Waals surface area contributed by atoms with Crippen LogP contribution in [-0.2, 0) is 10.2 Å². The Morgan fingerprint density at radius 2 is 2.05 bits per heavy atom. The van der Waals surface area contributed by atoms with Crippen LogP contribution in [0, 0.1) is 0 Å². The van der Waals surface area contributed by atoms with Crippen molar-refractivity contribution in [2.75, 3.05) is 23.8 Å². The molecular formula is C15H20N2OS. The van der Waals surface area contributed by atoms with Crippen LogP contribution in [0.5, 0.6) is 0 Å². The van der Waals surface area contributed by atoms with Crippen molar-refractivity contribution in [1.82, 2.24) is 4.90 Å². The van der Waals surface area contributed by atoms with Gasteiger partial charge < -0.3 is 10.6 Å². The standard InChI is InChI=1S/C15H20N2OS/c1-11-10-19-9-8-17(11)14(18)15(6-7-15)12-2-4-13(16)5-3-12/h2-5,11H,6-10,16H2,1H3. The van der Waals surface area contributed by atoms with Crippen molar-refractivity contribution in [2.24, 2.45) is 0 Å². The molecule has 1 saturated carbocycles.